The molecular weight excluding hydrogens is 344 g/mol. The molecule has 134 valence electrons. The molecule has 0 aliphatic carbocycles. The molecule has 0 heterocycles. The van der Waals surface area contributed by atoms with Gasteiger partial charge in [0.25, 0.3) is 5.91 Å². The van der Waals surface area contributed by atoms with Crippen LogP contribution in [0.5, 0.6) is 5.75 Å². The van der Waals surface area contributed by atoms with Gasteiger partial charge in [-0.1, -0.05) is 18.2 Å². The van der Waals surface area contributed by atoms with Crippen LogP contribution in [0.3, 0.4) is 0 Å². The molecule has 2 rings (SSSR count). The standard InChI is InChI=1S/C17H20N2O5S/c1-24-16-9-8-14(25(22,23)18-10-5-11-20)12-15(16)19-17(21)13-6-3-2-4-7-13/h2-4,6-9,12,18,20H,5,10-11H2,1H3,(H,19,21). The molecule has 8 heteroatoms. The van der Waals surface area contributed by atoms with E-state index >= 15 is 0 Å². The second kappa shape index (κ2) is 8.61. The summed E-state index contributed by atoms with van der Waals surface area (Å²) >= 11 is 0. The zero-order valence-electron chi connectivity index (χ0n) is 13.7. The van der Waals surface area contributed by atoms with Crippen molar-refractivity contribution in [1.29, 1.82) is 0 Å². The van der Waals surface area contributed by atoms with Gasteiger partial charge in [0.2, 0.25) is 10.0 Å². The quantitative estimate of drug-likeness (QED) is 0.617. The van der Waals surface area contributed by atoms with Gasteiger partial charge in [0.05, 0.1) is 17.7 Å². The molecular formula is C17H20N2O5S. The van der Waals surface area contributed by atoms with Crippen LogP contribution in [0.2, 0.25) is 0 Å². The van der Waals surface area contributed by atoms with Crippen LogP contribution in [-0.4, -0.2) is 39.7 Å². The zero-order chi connectivity index (χ0) is 18.3. The van der Waals surface area contributed by atoms with E-state index in [4.69, 9.17) is 9.84 Å². The number of rotatable bonds is 8. The Morgan fingerprint density at radius 1 is 1.16 bits per heavy atom. The van der Waals surface area contributed by atoms with Crippen molar-refractivity contribution in [2.45, 2.75) is 11.3 Å². The van der Waals surface area contributed by atoms with Crippen molar-refractivity contribution in [2.24, 2.45) is 0 Å². The fourth-order valence-electron chi connectivity index (χ4n) is 2.10. The van der Waals surface area contributed by atoms with Gasteiger partial charge in [-0.2, -0.15) is 0 Å². The van der Waals surface area contributed by atoms with Gasteiger partial charge < -0.3 is 15.2 Å². The Kier molecular flexibility index (Phi) is 6.51. The summed E-state index contributed by atoms with van der Waals surface area (Å²) in [5.41, 5.74) is 0.695. The van der Waals surface area contributed by atoms with Gasteiger partial charge in [0, 0.05) is 18.7 Å². The molecule has 2 aromatic rings. The Bertz CT molecular complexity index is 822. The molecule has 0 radical (unpaired) electrons. The lowest BCUT2D eigenvalue weighted by Crippen LogP contribution is -2.25. The van der Waals surface area contributed by atoms with Crippen molar-refractivity contribution in [3.8, 4) is 5.75 Å². The van der Waals surface area contributed by atoms with Crippen LogP contribution in [0, 0.1) is 0 Å². The van der Waals surface area contributed by atoms with Gasteiger partial charge in [-0.15, -0.1) is 0 Å². The minimum atomic E-state index is -3.75. The van der Waals surface area contributed by atoms with Crippen LogP contribution in [0.1, 0.15) is 16.8 Å². The summed E-state index contributed by atoms with van der Waals surface area (Å²) in [5.74, 6) is -0.0275. The van der Waals surface area contributed by atoms with Crippen LogP contribution < -0.4 is 14.8 Å². The Balaban J connectivity index is 2.26. The fraction of sp³-hybridized carbons (Fsp3) is 0.235. The van der Waals surface area contributed by atoms with E-state index in [1.165, 1.54) is 25.3 Å². The van der Waals surface area contributed by atoms with E-state index in [9.17, 15) is 13.2 Å². The predicted molar refractivity (Wildman–Crippen MR) is 94.3 cm³/mol. The molecule has 0 bridgehead atoms. The smallest absolute Gasteiger partial charge is 0.255 e. The van der Waals surface area contributed by atoms with Crippen molar-refractivity contribution in [2.75, 3.05) is 25.6 Å². The van der Waals surface area contributed by atoms with E-state index in [1.807, 2.05) is 0 Å². The lowest BCUT2D eigenvalue weighted by molar-refractivity contribution is 0.102. The highest BCUT2D eigenvalue weighted by atomic mass is 32.2. The molecule has 7 nitrogen and oxygen atoms in total. The predicted octanol–water partition coefficient (Wildman–Crippen LogP) is 1.61. The molecule has 0 saturated heterocycles. The Hall–Kier alpha value is -2.42. The van der Waals surface area contributed by atoms with E-state index in [-0.39, 0.29) is 29.6 Å². The van der Waals surface area contributed by atoms with Gasteiger partial charge >= 0.3 is 0 Å². The Labute approximate surface area is 146 Å². The van der Waals surface area contributed by atoms with E-state index in [2.05, 4.69) is 10.0 Å². The number of hydrogen-bond donors (Lipinski definition) is 3. The van der Waals surface area contributed by atoms with Crippen molar-refractivity contribution in [3.63, 3.8) is 0 Å². The van der Waals surface area contributed by atoms with Crippen molar-refractivity contribution < 1.29 is 23.1 Å². The van der Waals surface area contributed by atoms with E-state index < -0.39 is 10.0 Å². The molecule has 0 aliphatic heterocycles. The molecule has 0 aliphatic rings. The monoisotopic (exact) mass is 364 g/mol. The van der Waals surface area contributed by atoms with E-state index in [0.29, 0.717) is 17.7 Å². The third-order valence-corrected chi connectivity index (χ3v) is 4.85. The third kappa shape index (κ3) is 5.02. The molecule has 0 saturated carbocycles. The first-order valence-corrected chi connectivity index (χ1v) is 9.11. The average molecular weight is 364 g/mol. The molecule has 3 N–H and O–H groups in total. The molecule has 0 unspecified atom stereocenters. The summed E-state index contributed by atoms with van der Waals surface area (Å²) in [7, 11) is -2.32. The molecule has 0 aromatic heterocycles. The molecule has 0 atom stereocenters. The summed E-state index contributed by atoms with van der Waals surface area (Å²) in [4.78, 5) is 12.3. The van der Waals surface area contributed by atoms with Crippen LogP contribution in [-0.2, 0) is 10.0 Å². The number of carbonyl (C=O) groups is 1. The topological polar surface area (TPSA) is 105 Å². The number of anilines is 1. The maximum Gasteiger partial charge on any atom is 0.255 e. The first-order valence-electron chi connectivity index (χ1n) is 7.63. The molecule has 25 heavy (non-hydrogen) atoms. The number of sulfonamides is 1. The highest BCUT2D eigenvalue weighted by Gasteiger charge is 2.17. The summed E-state index contributed by atoms with van der Waals surface area (Å²) < 4.78 is 32.1. The highest BCUT2D eigenvalue weighted by molar-refractivity contribution is 7.89. The molecule has 1 amide bonds. The van der Waals surface area contributed by atoms with Crippen molar-refractivity contribution in [1.82, 2.24) is 4.72 Å². The molecule has 0 spiro atoms. The summed E-state index contributed by atoms with van der Waals surface area (Å²) in [6.07, 6.45) is 0.312. The zero-order valence-corrected chi connectivity index (χ0v) is 14.5. The summed E-state index contributed by atoms with van der Waals surface area (Å²) in [5, 5.41) is 11.4. The molecule has 2 aromatic carbocycles. The van der Waals surface area contributed by atoms with Gasteiger partial charge in [0.15, 0.2) is 0 Å². The van der Waals surface area contributed by atoms with Gasteiger partial charge in [-0.25, -0.2) is 13.1 Å². The Morgan fingerprint density at radius 2 is 1.88 bits per heavy atom. The first-order chi connectivity index (χ1) is 12.0. The third-order valence-electron chi connectivity index (χ3n) is 3.39. The largest absolute Gasteiger partial charge is 0.495 e. The SMILES string of the molecule is COc1ccc(S(=O)(=O)NCCCO)cc1NC(=O)c1ccccc1. The van der Waals surface area contributed by atoms with Gasteiger partial charge in [-0.3, -0.25) is 4.79 Å². The lowest BCUT2D eigenvalue weighted by atomic mass is 10.2. The van der Waals surface area contributed by atoms with Gasteiger partial charge in [-0.05, 0) is 36.8 Å². The number of nitrogens with one attached hydrogen (secondary N) is 2. The highest BCUT2D eigenvalue weighted by Crippen LogP contribution is 2.28. The number of benzene rings is 2. The summed E-state index contributed by atoms with van der Waals surface area (Å²) in [6.45, 7) is 0.0140. The number of aliphatic hydroxyl groups excluding tert-OH is 1. The van der Waals surface area contributed by atoms with E-state index in [1.54, 1.807) is 30.3 Å². The van der Waals surface area contributed by atoms with E-state index in [0.717, 1.165) is 0 Å². The maximum atomic E-state index is 12.3. The first kappa shape index (κ1) is 18.9. The molecule has 0 fully saturated rings. The second-order valence-electron chi connectivity index (χ2n) is 5.16. The number of aliphatic hydroxyl groups is 1. The van der Waals surface area contributed by atoms with Crippen LogP contribution >= 0.6 is 0 Å². The van der Waals surface area contributed by atoms with Crippen molar-refractivity contribution >= 4 is 21.6 Å². The number of methoxy groups -OCH3 is 1. The number of carbonyl (C=O) groups excluding carboxylic acids is 1. The lowest BCUT2D eigenvalue weighted by Gasteiger charge is -2.13. The minimum absolute atomic E-state index is 0.00500. The van der Waals surface area contributed by atoms with Gasteiger partial charge in [0.1, 0.15) is 5.75 Å². The fourth-order valence-corrected chi connectivity index (χ4v) is 3.20. The maximum absolute atomic E-state index is 12.3. The minimum Gasteiger partial charge on any atom is -0.495 e. The van der Waals surface area contributed by atoms with Crippen LogP contribution in [0.15, 0.2) is 53.4 Å². The Morgan fingerprint density at radius 3 is 2.52 bits per heavy atom. The van der Waals surface area contributed by atoms with Crippen LogP contribution in [0.25, 0.3) is 0 Å². The number of hydrogen-bond acceptors (Lipinski definition) is 5. The summed E-state index contributed by atoms with van der Waals surface area (Å²) in [6, 6.07) is 12.8. The van der Waals surface area contributed by atoms with Crippen molar-refractivity contribution in [3.05, 3.63) is 54.1 Å². The number of amides is 1. The normalized spacial score (nSPS) is 11.1. The van der Waals surface area contributed by atoms with Crippen LogP contribution in [0.4, 0.5) is 5.69 Å². The number of ether oxygens (including phenoxy) is 1. The second-order valence-corrected chi connectivity index (χ2v) is 6.92. The average Bonchev–Trinajstić information content (AvgIpc) is 2.62.